The highest BCUT2D eigenvalue weighted by Crippen LogP contribution is 2.33. The fourth-order valence-electron chi connectivity index (χ4n) is 3.04. The number of carbonyl (C=O) groups excluding carboxylic acids is 1. The lowest BCUT2D eigenvalue weighted by atomic mass is 10.3. The summed E-state index contributed by atoms with van der Waals surface area (Å²) in [5.74, 6) is 2.85. The summed E-state index contributed by atoms with van der Waals surface area (Å²) in [6.07, 6.45) is 2.95. The van der Waals surface area contributed by atoms with Crippen molar-refractivity contribution in [1.82, 2.24) is 4.57 Å². The van der Waals surface area contributed by atoms with Gasteiger partial charge in [0.05, 0.1) is 31.5 Å². The van der Waals surface area contributed by atoms with Gasteiger partial charge in [-0.3, -0.25) is 4.79 Å². The topological polar surface area (TPSA) is 62.1 Å². The summed E-state index contributed by atoms with van der Waals surface area (Å²) in [6, 6.07) is 11.7. The molecule has 31 heavy (non-hydrogen) atoms. The number of benzene rings is 2. The third-order valence-electron chi connectivity index (χ3n) is 4.58. The maximum Gasteiger partial charge on any atom is 0.248 e. The molecule has 1 heterocycles. The van der Waals surface area contributed by atoms with Crippen molar-refractivity contribution >= 4 is 39.2 Å². The normalized spacial score (nSPS) is 11.5. The van der Waals surface area contributed by atoms with E-state index in [0.717, 1.165) is 33.0 Å². The minimum absolute atomic E-state index is 0.126. The number of methoxy groups -OCH3 is 3. The molecule has 0 aliphatic rings. The molecular formula is C23H26N2O4S2. The van der Waals surface area contributed by atoms with Crippen LogP contribution in [0, 0.1) is 0 Å². The Hall–Kier alpha value is -2.71. The molecule has 8 heteroatoms. The van der Waals surface area contributed by atoms with Crippen LogP contribution in [0.4, 0.5) is 0 Å². The molecular weight excluding hydrogens is 432 g/mol. The monoisotopic (exact) mass is 458 g/mol. The predicted molar refractivity (Wildman–Crippen MR) is 127 cm³/mol. The van der Waals surface area contributed by atoms with Gasteiger partial charge >= 0.3 is 0 Å². The summed E-state index contributed by atoms with van der Waals surface area (Å²) in [5.41, 5.74) is 0.934. The highest BCUT2D eigenvalue weighted by molar-refractivity contribution is 7.99. The fraction of sp³-hybridized carbons (Fsp3) is 0.304. The van der Waals surface area contributed by atoms with Crippen molar-refractivity contribution in [3.8, 4) is 17.2 Å². The number of hydrogen-bond acceptors (Lipinski definition) is 6. The minimum Gasteiger partial charge on any atom is -0.497 e. The van der Waals surface area contributed by atoms with E-state index in [1.165, 1.54) is 11.3 Å². The number of allylic oxidation sites excluding steroid dienone is 1. The molecule has 0 fully saturated rings. The smallest absolute Gasteiger partial charge is 0.248 e. The highest BCUT2D eigenvalue weighted by atomic mass is 32.2. The number of rotatable bonds is 10. The Morgan fingerprint density at radius 3 is 2.48 bits per heavy atom. The van der Waals surface area contributed by atoms with Crippen LogP contribution >= 0.6 is 23.1 Å². The molecule has 0 saturated carbocycles. The zero-order chi connectivity index (χ0) is 22.2. The molecule has 0 N–H and O–H groups in total. The van der Waals surface area contributed by atoms with E-state index in [1.807, 2.05) is 41.0 Å². The average Bonchev–Trinajstić information content (AvgIpc) is 3.12. The van der Waals surface area contributed by atoms with Crippen LogP contribution in [0.25, 0.3) is 10.2 Å². The van der Waals surface area contributed by atoms with E-state index in [4.69, 9.17) is 14.2 Å². The molecule has 6 nitrogen and oxygen atoms in total. The van der Waals surface area contributed by atoms with Crippen molar-refractivity contribution < 1.29 is 19.0 Å². The van der Waals surface area contributed by atoms with Crippen LogP contribution < -0.4 is 19.0 Å². The Morgan fingerprint density at radius 2 is 1.84 bits per heavy atom. The van der Waals surface area contributed by atoms with E-state index in [2.05, 4.69) is 11.6 Å². The summed E-state index contributed by atoms with van der Waals surface area (Å²) in [6.45, 7) is 4.38. The summed E-state index contributed by atoms with van der Waals surface area (Å²) in [4.78, 5) is 18.7. The van der Waals surface area contributed by atoms with E-state index in [9.17, 15) is 4.79 Å². The first-order chi connectivity index (χ1) is 15.1. The Kier molecular flexibility index (Phi) is 8.20. The van der Waals surface area contributed by atoms with Gasteiger partial charge in [-0.1, -0.05) is 17.4 Å². The Balaban J connectivity index is 1.71. The third-order valence-corrected chi connectivity index (χ3v) is 6.72. The lowest BCUT2D eigenvalue weighted by Gasteiger charge is -2.08. The van der Waals surface area contributed by atoms with E-state index in [1.54, 1.807) is 39.2 Å². The number of thioether (sulfide) groups is 1. The standard InChI is InChI=1S/C23H26N2O4S2/c1-5-12-25-18-14-19(28-3)20(29-4)15-21(18)31-23(25)24-22(26)7-6-13-30-17-10-8-16(27-2)9-11-17/h5,8-11,14-15H,1,6-7,12-13H2,2-4H3. The van der Waals surface area contributed by atoms with Gasteiger partial charge in [-0.2, -0.15) is 4.99 Å². The summed E-state index contributed by atoms with van der Waals surface area (Å²) < 4.78 is 18.9. The average molecular weight is 459 g/mol. The number of ether oxygens (including phenoxy) is 3. The lowest BCUT2D eigenvalue weighted by molar-refractivity contribution is -0.118. The maximum absolute atomic E-state index is 12.5. The number of thiazole rings is 1. The molecule has 0 aliphatic carbocycles. The largest absolute Gasteiger partial charge is 0.497 e. The Bertz CT molecular complexity index is 1120. The summed E-state index contributed by atoms with van der Waals surface area (Å²) >= 11 is 3.17. The Labute approximate surface area is 190 Å². The summed E-state index contributed by atoms with van der Waals surface area (Å²) in [5, 5.41) is 0. The van der Waals surface area contributed by atoms with Crippen LogP contribution in [0.5, 0.6) is 17.2 Å². The van der Waals surface area contributed by atoms with Gasteiger partial charge in [0.1, 0.15) is 5.75 Å². The number of fused-ring (bicyclic) bond motifs is 1. The van der Waals surface area contributed by atoms with E-state index in [-0.39, 0.29) is 5.91 Å². The third kappa shape index (κ3) is 5.71. The van der Waals surface area contributed by atoms with Gasteiger partial charge < -0.3 is 18.8 Å². The van der Waals surface area contributed by atoms with Gasteiger partial charge in [0.2, 0.25) is 5.91 Å². The molecule has 0 aliphatic heterocycles. The number of aromatic nitrogens is 1. The number of amides is 1. The van der Waals surface area contributed by atoms with Crippen molar-refractivity contribution in [1.29, 1.82) is 0 Å². The van der Waals surface area contributed by atoms with E-state index in [0.29, 0.717) is 29.3 Å². The quantitative estimate of drug-likeness (QED) is 0.245. The second-order valence-corrected chi connectivity index (χ2v) is 8.77. The van der Waals surface area contributed by atoms with Crippen LogP contribution in [-0.2, 0) is 11.3 Å². The molecule has 0 bridgehead atoms. The predicted octanol–water partition coefficient (Wildman–Crippen LogP) is 4.91. The van der Waals surface area contributed by atoms with Gasteiger partial charge in [0.25, 0.3) is 0 Å². The molecule has 164 valence electrons. The molecule has 3 aromatic rings. The summed E-state index contributed by atoms with van der Waals surface area (Å²) in [7, 11) is 4.86. The second-order valence-electron chi connectivity index (χ2n) is 6.59. The molecule has 1 aromatic heterocycles. The molecule has 3 rings (SSSR count). The number of carbonyl (C=O) groups is 1. The zero-order valence-corrected chi connectivity index (χ0v) is 19.6. The molecule has 0 saturated heterocycles. The molecule has 0 unspecified atom stereocenters. The Morgan fingerprint density at radius 1 is 1.13 bits per heavy atom. The SMILES string of the molecule is C=CCn1c(=NC(=O)CCCSc2ccc(OC)cc2)sc2cc(OC)c(OC)cc21. The van der Waals surface area contributed by atoms with Crippen LogP contribution in [0.2, 0.25) is 0 Å². The van der Waals surface area contributed by atoms with Gasteiger partial charge in [0, 0.05) is 30.0 Å². The first-order valence-electron chi connectivity index (χ1n) is 9.80. The van der Waals surface area contributed by atoms with Crippen LogP contribution in [0.15, 0.2) is 58.9 Å². The molecule has 0 spiro atoms. The highest BCUT2D eigenvalue weighted by Gasteiger charge is 2.12. The molecule has 2 aromatic carbocycles. The van der Waals surface area contributed by atoms with Gasteiger partial charge in [-0.05, 0) is 36.4 Å². The van der Waals surface area contributed by atoms with Crippen LogP contribution in [-0.4, -0.2) is 37.6 Å². The van der Waals surface area contributed by atoms with Crippen LogP contribution in [0.1, 0.15) is 12.8 Å². The van der Waals surface area contributed by atoms with Crippen molar-refractivity contribution in [2.75, 3.05) is 27.1 Å². The van der Waals surface area contributed by atoms with Crippen molar-refractivity contribution in [3.63, 3.8) is 0 Å². The minimum atomic E-state index is -0.126. The molecule has 0 radical (unpaired) electrons. The van der Waals surface area contributed by atoms with Crippen molar-refractivity contribution in [2.45, 2.75) is 24.3 Å². The van der Waals surface area contributed by atoms with Gasteiger partial charge in [-0.25, -0.2) is 0 Å². The van der Waals surface area contributed by atoms with E-state index >= 15 is 0 Å². The van der Waals surface area contributed by atoms with Gasteiger partial charge in [-0.15, -0.1) is 18.3 Å². The number of nitrogens with zero attached hydrogens (tertiary/aromatic N) is 2. The van der Waals surface area contributed by atoms with Crippen LogP contribution in [0.3, 0.4) is 0 Å². The molecule has 0 atom stereocenters. The van der Waals surface area contributed by atoms with E-state index < -0.39 is 0 Å². The number of hydrogen-bond donors (Lipinski definition) is 0. The second kappa shape index (κ2) is 11.1. The fourth-order valence-corrected chi connectivity index (χ4v) is 4.96. The first kappa shape index (κ1) is 23.0. The lowest BCUT2D eigenvalue weighted by Crippen LogP contribution is -2.16. The van der Waals surface area contributed by atoms with Crippen molar-refractivity contribution in [2.24, 2.45) is 4.99 Å². The first-order valence-corrected chi connectivity index (χ1v) is 11.6. The maximum atomic E-state index is 12.5. The van der Waals surface area contributed by atoms with Gasteiger partial charge in [0.15, 0.2) is 16.3 Å². The van der Waals surface area contributed by atoms with Crippen molar-refractivity contribution in [3.05, 3.63) is 53.9 Å². The molecule has 1 amide bonds. The zero-order valence-electron chi connectivity index (χ0n) is 17.9.